The Morgan fingerprint density at radius 2 is 2.09 bits per heavy atom. The Bertz CT molecular complexity index is 619. The van der Waals surface area contributed by atoms with Crippen LogP contribution in [0.1, 0.15) is 38.4 Å². The lowest BCUT2D eigenvalue weighted by Gasteiger charge is -2.31. The van der Waals surface area contributed by atoms with Crippen molar-refractivity contribution in [2.24, 2.45) is 0 Å². The van der Waals surface area contributed by atoms with Crippen molar-refractivity contribution in [3.63, 3.8) is 0 Å². The first-order chi connectivity index (χ1) is 10.9. The molecule has 4 amide bonds. The van der Waals surface area contributed by atoms with Crippen LogP contribution in [0.5, 0.6) is 0 Å². The number of hydrogen-bond acceptors (Lipinski definition) is 6. The molecule has 0 radical (unpaired) electrons. The molecule has 2 aliphatic heterocycles. The van der Waals surface area contributed by atoms with E-state index in [1.165, 1.54) is 6.39 Å². The number of carbonyl (C=O) groups excluding carboxylic acids is 3. The van der Waals surface area contributed by atoms with E-state index in [1.54, 1.807) is 18.7 Å². The van der Waals surface area contributed by atoms with Gasteiger partial charge in [0.25, 0.3) is 5.91 Å². The zero-order valence-electron chi connectivity index (χ0n) is 13.1. The molecular formula is C14H19N5O4. The van der Waals surface area contributed by atoms with Crippen LogP contribution in [0.3, 0.4) is 0 Å². The first-order valence-corrected chi connectivity index (χ1v) is 7.56. The van der Waals surface area contributed by atoms with Gasteiger partial charge in [-0.1, -0.05) is 5.16 Å². The van der Waals surface area contributed by atoms with Crippen LogP contribution in [0.2, 0.25) is 0 Å². The van der Waals surface area contributed by atoms with E-state index in [4.69, 9.17) is 4.52 Å². The van der Waals surface area contributed by atoms with Gasteiger partial charge in [0.1, 0.15) is 12.1 Å². The summed E-state index contributed by atoms with van der Waals surface area (Å²) in [6.45, 7) is 4.11. The molecule has 1 aromatic rings. The van der Waals surface area contributed by atoms with Crippen LogP contribution in [-0.2, 0) is 9.59 Å². The summed E-state index contributed by atoms with van der Waals surface area (Å²) in [4.78, 5) is 43.0. The highest BCUT2D eigenvalue weighted by molar-refractivity contribution is 6.08. The van der Waals surface area contributed by atoms with Crippen molar-refractivity contribution < 1.29 is 18.9 Å². The fourth-order valence-electron chi connectivity index (χ4n) is 2.94. The molecule has 0 spiro atoms. The maximum absolute atomic E-state index is 12.4. The zero-order valence-corrected chi connectivity index (χ0v) is 13.1. The summed E-state index contributed by atoms with van der Waals surface area (Å²) in [6.07, 6.45) is 2.76. The Kier molecular flexibility index (Phi) is 3.78. The Hall–Kier alpha value is -2.45. The standard InChI is InChI=1S/C14H19N5O4/c1-14(2)12(21)19(13(22)16-14)7-10(20)18-5-3-9(4-6-18)11-15-8-23-17-11/h8-9H,3-7H2,1-2H3,(H,16,22). The molecule has 1 aromatic heterocycles. The van der Waals surface area contributed by atoms with Crippen molar-refractivity contribution in [1.29, 1.82) is 0 Å². The van der Waals surface area contributed by atoms with E-state index in [-0.39, 0.29) is 24.3 Å². The molecule has 1 N–H and O–H groups in total. The number of hydrogen-bond donors (Lipinski definition) is 1. The number of aromatic nitrogens is 2. The molecule has 124 valence electrons. The van der Waals surface area contributed by atoms with Gasteiger partial charge in [0.15, 0.2) is 5.82 Å². The minimum Gasteiger partial charge on any atom is -0.343 e. The second-order valence-electron chi connectivity index (χ2n) is 6.39. The minimum absolute atomic E-state index is 0.174. The summed E-state index contributed by atoms with van der Waals surface area (Å²) in [5, 5.41) is 6.40. The molecule has 9 heteroatoms. The Morgan fingerprint density at radius 1 is 1.39 bits per heavy atom. The minimum atomic E-state index is -0.955. The van der Waals surface area contributed by atoms with Gasteiger partial charge in [-0.05, 0) is 26.7 Å². The molecule has 0 aromatic carbocycles. The van der Waals surface area contributed by atoms with Crippen molar-refractivity contribution in [2.45, 2.75) is 38.1 Å². The molecule has 0 atom stereocenters. The van der Waals surface area contributed by atoms with Crippen LogP contribution in [0, 0.1) is 0 Å². The summed E-state index contributed by atoms with van der Waals surface area (Å²) in [5.74, 6) is 0.233. The first-order valence-electron chi connectivity index (χ1n) is 7.56. The van der Waals surface area contributed by atoms with E-state index in [0.717, 1.165) is 17.7 Å². The van der Waals surface area contributed by atoms with E-state index >= 15 is 0 Å². The number of piperidine rings is 1. The molecule has 0 unspecified atom stereocenters. The quantitative estimate of drug-likeness (QED) is 0.791. The van der Waals surface area contributed by atoms with Gasteiger partial charge in [0.2, 0.25) is 12.3 Å². The van der Waals surface area contributed by atoms with Gasteiger partial charge in [-0.3, -0.25) is 14.5 Å². The predicted octanol–water partition coefficient (Wildman–Crippen LogP) is 0.106. The maximum Gasteiger partial charge on any atom is 0.325 e. The smallest absolute Gasteiger partial charge is 0.325 e. The summed E-state index contributed by atoms with van der Waals surface area (Å²) in [7, 11) is 0. The summed E-state index contributed by atoms with van der Waals surface area (Å²) < 4.78 is 4.74. The highest BCUT2D eigenvalue weighted by Crippen LogP contribution is 2.25. The molecule has 0 saturated carbocycles. The van der Waals surface area contributed by atoms with Gasteiger partial charge in [-0.2, -0.15) is 4.98 Å². The fraction of sp³-hybridized carbons (Fsp3) is 0.643. The molecule has 2 fully saturated rings. The molecule has 3 rings (SSSR count). The zero-order chi connectivity index (χ0) is 16.6. The van der Waals surface area contributed by atoms with Crippen LogP contribution in [0.4, 0.5) is 4.79 Å². The third-order valence-electron chi connectivity index (χ3n) is 4.33. The second-order valence-corrected chi connectivity index (χ2v) is 6.39. The normalized spacial score (nSPS) is 21.7. The van der Waals surface area contributed by atoms with E-state index in [2.05, 4.69) is 15.5 Å². The third kappa shape index (κ3) is 2.90. The third-order valence-corrected chi connectivity index (χ3v) is 4.33. The fourth-order valence-corrected chi connectivity index (χ4v) is 2.94. The monoisotopic (exact) mass is 321 g/mol. The number of likely N-dealkylation sites (tertiary alicyclic amines) is 1. The predicted molar refractivity (Wildman–Crippen MR) is 77.2 cm³/mol. The van der Waals surface area contributed by atoms with Crippen molar-refractivity contribution in [1.82, 2.24) is 25.3 Å². The van der Waals surface area contributed by atoms with Crippen LogP contribution >= 0.6 is 0 Å². The number of nitrogens with zero attached hydrogens (tertiary/aromatic N) is 4. The first kappa shape index (κ1) is 15.4. The molecule has 2 aliphatic rings. The highest BCUT2D eigenvalue weighted by Gasteiger charge is 2.45. The molecule has 2 saturated heterocycles. The largest absolute Gasteiger partial charge is 0.343 e. The number of rotatable bonds is 3. The number of carbonyl (C=O) groups is 3. The lowest BCUT2D eigenvalue weighted by atomic mass is 9.96. The second kappa shape index (κ2) is 5.64. The van der Waals surface area contributed by atoms with Crippen molar-refractivity contribution in [3.05, 3.63) is 12.2 Å². The molecule has 0 bridgehead atoms. The summed E-state index contributed by atoms with van der Waals surface area (Å²) >= 11 is 0. The van der Waals surface area contributed by atoms with Crippen LogP contribution in [0.15, 0.2) is 10.9 Å². The number of amides is 4. The lowest BCUT2D eigenvalue weighted by Crippen LogP contribution is -2.46. The van der Waals surface area contributed by atoms with Gasteiger partial charge in [0.05, 0.1) is 0 Å². The summed E-state index contributed by atoms with van der Waals surface area (Å²) in [5.41, 5.74) is -0.955. The van der Waals surface area contributed by atoms with E-state index in [9.17, 15) is 14.4 Å². The summed E-state index contributed by atoms with van der Waals surface area (Å²) in [6, 6.07) is -0.518. The topological polar surface area (TPSA) is 109 Å². The number of urea groups is 1. The van der Waals surface area contributed by atoms with Crippen molar-refractivity contribution in [2.75, 3.05) is 19.6 Å². The van der Waals surface area contributed by atoms with Gasteiger partial charge in [-0.25, -0.2) is 4.79 Å². The van der Waals surface area contributed by atoms with Crippen LogP contribution < -0.4 is 5.32 Å². The highest BCUT2D eigenvalue weighted by atomic mass is 16.5. The molecule has 3 heterocycles. The molecule has 0 aliphatic carbocycles. The Morgan fingerprint density at radius 3 is 2.61 bits per heavy atom. The van der Waals surface area contributed by atoms with E-state index in [0.29, 0.717) is 18.9 Å². The average Bonchev–Trinajstić information content (AvgIpc) is 3.11. The average molecular weight is 321 g/mol. The molecule has 9 nitrogen and oxygen atoms in total. The molecular weight excluding hydrogens is 302 g/mol. The van der Waals surface area contributed by atoms with Crippen LogP contribution in [0.25, 0.3) is 0 Å². The van der Waals surface area contributed by atoms with Gasteiger partial charge >= 0.3 is 6.03 Å². The lowest BCUT2D eigenvalue weighted by molar-refractivity contribution is -0.139. The number of imide groups is 1. The van der Waals surface area contributed by atoms with Crippen molar-refractivity contribution in [3.8, 4) is 0 Å². The maximum atomic E-state index is 12.4. The van der Waals surface area contributed by atoms with Gasteiger partial charge in [0, 0.05) is 19.0 Å². The Labute approximate surface area is 133 Å². The number of nitrogens with one attached hydrogen (secondary N) is 1. The van der Waals surface area contributed by atoms with E-state index < -0.39 is 11.6 Å². The van der Waals surface area contributed by atoms with Gasteiger partial charge in [-0.15, -0.1) is 0 Å². The Balaban J connectivity index is 1.56. The van der Waals surface area contributed by atoms with E-state index in [1.807, 2.05) is 0 Å². The van der Waals surface area contributed by atoms with Gasteiger partial charge < -0.3 is 14.7 Å². The van der Waals surface area contributed by atoms with Crippen LogP contribution in [-0.4, -0.2) is 63.0 Å². The molecule has 23 heavy (non-hydrogen) atoms. The van der Waals surface area contributed by atoms with Crippen molar-refractivity contribution >= 4 is 17.8 Å². The SMILES string of the molecule is CC1(C)NC(=O)N(CC(=O)N2CCC(c3ncon3)CC2)C1=O.